The molecule has 0 aliphatic carbocycles. The van der Waals surface area contributed by atoms with Gasteiger partial charge < -0.3 is 14.6 Å². The number of carbonyl (C=O) groups excluding carboxylic acids is 2. The summed E-state index contributed by atoms with van der Waals surface area (Å²) in [5.41, 5.74) is 0. The molecule has 1 heterocycles. The number of nitrogens with zero attached hydrogens (tertiary/aromatic N) is 1. The van der Waals surface area contributed by atoms with Crippen molar-refractivity contribution in [3.63, 3.8) is 0 Å². The molecular weight excluding hydrogens is 302 g/mol. The number of carboxylic acid groups (broad SMARTS) is 1. The van der Waals surface area contributed by atoms with Gasteiger partial charge in [0.1, 0.15) is 6.10 Å². The Balaban J connectivity index is 2.81. The highest BCUT2D eigenvalue weighted by atomic mass is 16.5. The SMILES string of the molecule is COC(=O)N1C(C[C@@H](C(=O)O)C(C)C)[C@@H]1C[C@@H](OC=O)C(C)C. The monoisotopic (exact) mass is 329 g/mol. The molecule has 0 aromatic carbocycles. The Labute approximate surface area is 136 Å². The first-order chi connectivity index (χ1) is 10.7. The summed E-state index contributed by atoms with van der Waals surface area (Å²) < 4.78 is 9.86. The largest absolute Gasteiger partial charge is 0.481 e. The number of carboxylic acids is 1. The minimum absolute atomic E-state index is 0.0274. The number of rotatable bonds is 9. The van der Waals surface area contributed by atoms with Crippen molar-refractivity contribution in [2.75, 3.05) is 7.11 Å². The van der Waals surface area contributed by atoms with Gasteiger partial charge in [-0.3, -0.25) is 14.5 Å². The van der Waals surface area contributed by atoms with Crippen LogP contribution in [-0.4, -0.2) is 53.8 Å². The molecule has 1 saturated heterocycles. The lowest BCUT2D eigenvalue weighted by atomic mass is 9.89. The zero-order valence-corrected chi connectivity index (χ0v) is 14.4. The number of hydrogen-bond acceptors (Lipinski definition) is 5. The number of methoxy groups -OCH3 is 1. The highest BCUT2D eigenvalue weighted by molar-refractivity contribution is 5.73. The Hall–Kier alpha value is -1.79. The van der Waals surface area contributed by atoms with E-state index in [9.17, 15) is 19.5 Å². The van der Waals surface area contributed by atoms with Gasteiger partial charge in [-0.1, -0.05) is 27.7 Å². The van der Waals surface area contributed by atoms with Gasteiger partial charge in [0.2, 0.25) is 0 Å². The first-order valence-electron chi connectivity index (χ1n) is 7.92. The normalized spacial score (nSPS) is 22.7. The van der Waals surface area contributed by atoms with Gasteiger partial charge in [0, 0.05) is 6.42 Å². The van der Waals surface area contributed by atoms with Crippen LogP contribution in [0.4, 0.5) is 4.79 Å². The predicted molar refractivity (Wildman–Crippen MR) is 82.8 cm³/mol. The number of carbonyl (C=O) groups is 3. The smallest absolute Gasteiger partial charge is 0.410 e. The van der Waals surface area contributed by atoms with Crippen LogP contribution in [0.1, 0.15) is 40.5 Å². The van der Waals surface area contributed by atoms with E-state index in [2.05, 4.69) is 0 Å². The molecule has 0 radical (unpaired) electrons. The van der Waals surface area contributed by atoms with Crippen LogP contribution in [-0.2, 0) is 19.1 Å². The van der Waals surface area contributed by atoms with Crippen molar-refractivity contribution in [3.05, 3.63) is 0 Å². The summed E-state index contributed by atoms with van der Waals surface area (Å²) >= 11 is 0. The molecule has 0 aromatic heterocycles. The molecule has 7 nitrogen and oxygen atoms in total. The second-order valence-corrected chi connectivity index (χ2v) is 6.69. The number of hydrogen-bond donors (Lipinski definition) is 1. The van der Waals surface area contributed by atoms with Crippen molar-refractivity contribution >= 4 is 18.5 Å². The van der Waals surface area contributed by atoms with Crippen LogP contribution in [0.15, 0.2) is 0 Å². The van der Waals surface area contributed by atoms with Gasteiger partial charge >= 0.3 is 12.1 Å². The summed E-state index contributed by atoms with van der Waals surface area (Å²) in [7, 11) is 1.30. The topological polar surface area (TPSA) is 92.9 Å². The van der Waals surface area contributed by atoms with Crippen LogP contribution in [0.5, 0.6) is 0 Å². The summed E-state index contributed by atoms with van der Waals surface area (Å²) in [4.78, 5) is 35.4. The van der Waals surface area contributed by atoms with Gasteiger partial charge in [0.25, 0.3) is 6.47 Å². The van der Waals surface area contributed by atoms with Gasteiger partial charge in [-0.25, -0.2) is 4.79 Å². The van der Waals surface area contributed by atoms with E-state index in [0.717, 1.165) is 0 Å². The summed E-state index contributed by atoms with van der Waals surface area (Å²) in [5, 5.41) is 9.34. The quantitative estimate of drug-likeness (QED) is 0.514. The molecule has 1 aliphatic heterocycles. The van der Waals surface area contributed by atoms with E-state index in [4.69, 9.17) is 9.47 Å². The zero-order chi connectivity index (χ0) is 17.7. The Morgan fingerprint density at radius 2 is 1.70 bits per heavy atom. The van der Waals surface area contributed by atoms with Crippen LogP contribution in [0.3, 0.4) is 0 Å². The van der Waals surface area contributed by atoms with E-state index in [1.807, 2.05) is 27.7 Å². The van der Waals surface area contributed by atoms with E-state index >= 15 is 0 Å². The Morgan fingerprint density at radius 1 is 1.13 bits per heavy atom. The van der Waals surface area contributed by atoms with Gasteiger partial charge in [-0.15, -0.1) is 0 Å². The number of aliphatic carboxylic acids is 1. The molecule has 0 saturated carbocycles. The van der Waals surface area contributed by atoms with Crippen molar-refractivity contribution in [2.45, 2.75) is 58.7 Å². The maximum Gasteiger partial charge on any atom is 0.410 e. The lowest BCUT2D eigenvalue weighted by Gasteiger charge is -2.18. The lowest BCUT2D eigenvalue weighted by molar-refractivity contribution is -0.143. The van der Waals surface area contributed by atoms with Crippen molar-refractivity contribution in [2.24, 2.45) is 17.8 Å². The van der Waals surface area contributed by atoms with Crippen LogP contribution >= 0.6 is 0 Å². The first kappa shape index (κ1) is 19.3. The molecule has 1 N–H and O–H groups in total. The fourth-order valence-corrected chi connectivity index (χ4v) is 2.97. The van der Waals surface area contributed by atoms with Gasteiger partial charge in [-0.05, 0) is 18.3 Å². The van der Waals surface area contributed by atoms with Crippen molar-refractivity contribution in [1.82, 2.24) is 4.90 Å². The standard InChI is InChI=1S/C16H27NO6/c1-9(2)11(15(19)20)6-12-13(17(12)16(21)22-5)7-14(10(3)4)23-8-18/h8-14H,6-7H2,1-5H3,(H,19,20)/t11-,12?,13+,14-,17?/m1/s1. The highest BCUT2D eigenvalue weighted by Gasteiger charge is 2.54. The van der Waals surface area contributed by atoms with Crippen molar-refractivity contribution in [3.8, 4) is 0 Å². The van der Waals surface area contributed by atoms with E-state index in [1.165, 1.54) is 7.11 Å². The van der Waals surface area contributed by atoms with Crippen molar-refractivity contribution < 1.29 is 29.0 Å². The second kappa shape index (κ2) is 8.17. The summed E-state index contributed by atoms with van der Waals surface area (Å²) in [5.74, 6) is -1.30. The maximum absolute atomic E-state index is 11.9. The summed E-state index contributed by atoms with van der Waals surface area (Å²) in [6, 6.07) is -0.349. The average Bonchev–Trinajstić information content (AvgIpc) is 3.15. The third kappa shape index (κ3) is 4.84. The van der Waals surface area contributed by atoms with Gasteiger partial charge in [0.05, 0.1) is 25.1 Å². The third-order valence-electron chi connectivity index (χ3n) is 4.52. The minimum Gasteiger partial charge on any atom is -0.481 e. The van der Waals surface area contributed by atoms with E-state index in [0.29, 0.717) is 19.3 Å². The number of amides is 1. The molecule has 1 rings (SSSR count). The summed E-state index contributed by atoms with van der Waals surface area (Å²) in [6.07, 6.45) is 0.0812. The molecule has 0 bridgehead atoms. The molecule has 1 unspecified atom stereocenters. The van der Waals surface area contributed by atoms with E-state index in [1.54, 1.807) is 4.90 Å². The highest BCUT2D eigenvalue weighted by Crippen LogP contribution is 2.40. The van der Waals surface area contributed by atoms with Gasteiger partial charge in [-0.2, -0.15) is 0 Å². The van der Waals surface area contributed by atoms with E-state index in [-0.39, 0.29) is 30.0 Å². The first-order valence-corrected chi connectivity index (χ1v) is 7.92. The molecule has 0 spiro atoms. The Bertz CT molecular complexity index is 436. The molecule has 1 fully saturated rings. The van der Waals surface area contributed by atoms with Gasteiger partial charge in [0.15, 0.2) is 0 Å². The molecule has 0 aromatic rings. The third-order valence-corrected chi connectivity index (χ3v) is 4.52. The fourth-order valence-electron chi connectivity index (χ4n) is 2.97. The molecule has 23 heavy (non-hydrogen) atoms. The lowest BCUT2D eigenvalue weighted by Crippen LogP contribution is -2.24. The molecule has 132 valence electrons. The predicted octanol–water partition coefficient (Wildman–Crippen LogP) is 2.14. The second-order valence-electron chi connectivity index (χ2n) is 6.69. The summed E-state index contributed by atoms with van der Waals surface area (Å²) in [6.45, 7) is 7.99. The van der Waals surface area contributed by atoms with Crippen molar-refractivity contribution in [1.29, 1.82) is 0 Å². The zero-order valence-electron chi connectivity index (χ0n) is 14.4. The average molecular weight is 329 g/mol. The molecule has 7 heteroatoms. The Kier molecular flexibility index (Phi) is 6.84. The maximum atomic E-state index is 11.9. The van der Waals surface area contributed by atoms with Crippen LogP contribution in [0.25, 0.3) is 0 Å². The fraction of sp³-hybridized carbons (Fsp3) is 0.812. The van der Waals surface area contributed by atoms with E-state index < -0.39 is 18.0 Å². The molecule has 1 aliphatic rings. The Morgan fingerprint density at radius 3 is 2.09 bits per heavy atom. The van der Waals surface area contributed by atoms with Crippen LogP contribution < -0.4 is 0 Å². The molecule has 4 atom stereocenters. The molecular formula is C16H27NO6. The van der Waals surface area contributed by atoms with Crippen LogP contribution in [0, 0.1) is 17.8 Å². The number of ether oxygens (including phenoxy) is 2. The van der Waals surface area contributed by atoms with Crippen LogP contribution in [0.2, 0.25) is 0 Å². The minimum atomic E-state index is -0.861. The molecule has 1 amide bonds.